The summed E-state index contributed by atoms with van der Waals surface area (Å²) in [6, 6.07) is 1.99. The Labute approximate surface area is 113 Å². The summed E-state index contributed by atoms with van der Waals surface area (Å²) >= 11 is 0. The van der Waals surface area contributed by atoms with Crippen LogP contribution in [-0.4, -0.2) is 26.1 Å². The average molecular weight is 257 g/mol. The van der Waals surface area contributed by atoms with E-state index in [1.165, 1.54) is 24.2 Å². The Bertz CT molecular complexity index is 588. The van der Waals surface area contributed by atoms with E-state index in [0.29, 0.717) is 0 Å². The Morgan fingerprint density at radius 2 is 2.11 bits per heavy atom. The third-order valence-electron chi connectivity index (χ3n) is 3.46. The Morgan fingerprint density at radius 1 is 1.26 bits per heavy atom. The number of nitrogens with one attached hydrogen (secondary N) is 1. The van der Waals surface area contributed by atoms with Crippen LogP contribution in [0.2, 0.25) is 0 Å². The summed E-state index contributed by atoms with van der Waals surface area (Å²) in [7, 11) is 0. The predicted molar refractivity (Wildman–Crippen MR) is 74.7 cm³/mol. The lowest BCUT2D eigenvalue weighted by atomic mass is 10.0. The molecule has 0 spiro atoms. The van der Waals surface area contributed by atoms with Gasteiger partial charge in [-0.2, -0.15) is 0 Å². The van der Waals surface area contributed by atoms with Crippen LogP contribution < -0.4 is 5.32 Å². The zero-order valence-corrected chi connectivity index (χ0v) is 11.5. The maximum Gasteiger partial charge on any atom is 0.143 e. The lowest BCUT2D eigenvalue weighted by Crippen LogP contribution is -2.10. The van der Waals surface area contributed by atoms with Gasteiger partial charge in [0.1, 0.15) is 23.8 Å². The van der Waals surface area contributed by atoms with Crippen LogP contribution in [0.4, 0.5) is 5.82 Å². The van der Waals surface area contributed by atoms with Gasteiger partial charge in [0.15, 0.2) is 0 Å². The van der Waals surface area contributed by atoms with Crippen LogP contribution in [-0.2, 0) is 12.8 Å². The molecule has 5 nitrogen and oxygen atoms in total. The van der Waals surface area contributed by atoms with Crippen LogP contribution >= 0.6 is 0 Å². The van der Waals surface area contributed by atoms with Crippen molar-refractivity contribution in [2.45, 2.75) is 39.5 Å². The lowest BCUT2D eigenvalue weighted by molar-refractivity contribution is 0.653. The fraction of sp³-hybridized carbons (Fsp3) is 0.500. The fourth-order valence-electron chi connectivity index (χ4n) is 2.61. The van der Waals surface area contributed by atoms with Crippen molar-refractivity contribution in [3.63, 3.8) is 0 Å². The van der Waals surface area contributed by atoms with Gasteiger partial charge in [0.05, 0.1) is 5.69 Å². The van der Waals surface area contributed by atoms with Crippen molar-refractivity contribution in [2.24, 2.45) is 0 Å². The first-order valence-corrected chi connectivity index (χ1v) is 6.93. The number of aryl methyl sites for hydroxylation is 2. The largest absolute Gasteiger partial charge is 0.370 e. The molecule has 0 fully saturated rings. The van der Waals surface area contributed by atoms with E-state index in [-0.39, 0.29) is 0 Å². The zero-order valence-electron chi connectivity index (χ0n) is 11.5. The first-order valence-electron chi connectivity index (χ1n) is 6.93. The predicted octanol–water partition coefficient (Wildman–Crippen LogP) is 2.28. The molecule has 0 aromatic carbocycles. The van der Waals surface area contributed by atoms with E-state index in [0.717, 1.165) is 36.8 Å². The van der Waals surface area contributed by atoms with Crippen molar-refractivity contribution in [3.05, 3.63) is 29.6 Å². The summed E-state index contributed by atoms with van der Waals surface area (Å²) in [5, 5.41) is 3.25. The Balaban J connectivity index is 2.04. The summed E-state index contributed by atoms with van der Waals surface area (Å²) in [6.07, 6.45) is 6.56. The van der Waals surface area contributed by atoms with Gasteiger partial charge in [0.25, 0.3) is 0 Å². The van der Waals surface area contributed by atoms with Gasteiger partial charge < -0.3 is 5.32 Å². The molecule has 1 aliphatic rings. The van der Waals surface area contributed by atoms with E-state index >= 15 is 0 Å². The van der Waals surface area contributed by atoms with E-state index in [9.17, 15) is 0 Å². The number of anilines is 1. The van der Waals surface area contributed by atoms with Gasteiger partial charge in [-0.25, -0.2) is 15.0 Å². The van der Waals surface area contributed by atoms with Gasteiger partial charge in [0, 0.05) is 18.3 Å². The highest BCUT2D eigenvalue weighted by Gasteiger charge is 2.17. The van der Waals surface area contributed by atoms with Gasteiger partial charge in [-0.3, -0.25) is 4.57 Å². The topological polar surface area (TPSA) is 55.6 Å². The van der Waals surface area contributed by atoms with Crippen LogP contribution in [0.1, 0.15) is 37.0 Å². The van der Waals surface area contributed by atoms with Crippen molar-refractivity contribution in [1.29, 1.82) is 0 Å². The first kappa shape index (κ1) is 12.1. The summed E-state index contributed by atoms with van der Waals surface area (Å²) in [6.45, 7) is 4.85. The van der Waals surface area contributed by atoms with Crippen molar-refractivity contribution in [2.75, 3.05) is 11.9 Å². The van der Waals surface area contributed by atoms with E-state index in [2.05, 4.69) is 31.8 Å². The minimum absolute atomic E-state index is 0.784. The number of nitrogens with zero attached hydrogens (tertiary/aromatic N) is 4. The molecule has 0 saturated heterocycles. The highest BCUT2D eigenvalue weighted by Crippen LogP contribution is 2.23. The van der Waals surface area contributed by atoms with Crippen LogP contribution in [0, 0.1) is 6.92 Å². The number of imidazole rings is 1. The normalized spacial score (nSPS) is 14.2. The van der Waals surface area contributed by atoms with Gasteiger partial charge in [0.2, 0.25) is 0 Å². The second kappa shape index (κ2) is 4.99. The molecular formula is C14H19N5. The molecule has 100 valence electrons. The quantitative estimate of drug-likeness (QED) is 0.916. The molecule has 19 heavy (non-hydrogen) atoms. The molecule has 0 radical (unpaired) electrons. The molecule has 0 amide bonds. The maximum atomic E-state index is 4.54. The van der Waals surface area contributed by atoms with Crippen molar-refractivity contribution < 1.29 is 0 Å². The molecule has 0 atom stereocenters. The summed E-state index contributed by atoms with van der Waals surface area (Å²) in [5.74, 6) is 2.58. The van der Waals surface area contributed by atoms with Gasteiger partial charge in [-0.05, 0) is 39.5 Å². The van der Waals surface area contributed by atoms with Crippen LogP contribution in [0.15, 0.2) is 12.4 Å². The molecule has 3 rings (SSSR count). The van der Waals surface area contributed by atoms with Gasteiger partial charge in [-0.15, -0.1) is 0 Å². The summed E-state index contributed by atoms with van der Waals surface area (Å²) < 4.78 is 2.12. The second-order valence-corrected chi connectivity index (χ2v) is 4.90. The second-order valence-electron chi connectivity index (χ2n) is 4.90. The first-order chi connectivity index (χ1) is 9.28. The zero-order chi connectivity index (χ0) is 13.2. The standard InChI is InChI=1S/C14H19N5/c1-3-15-13-8-14(18-10(2)17-13)19-9-16-11-6-4-5-7-12(11)19/h8-9H,3-7H2,1-2H3,(H,15,17,18). The molecule has 5 heteroatoms. The van der Waals surface area contributed by atoms with E-state index in [1.807, 2.05) is 19.3 Å². The van der Waals surface area contributed by atoms with Crippen LogP contribution in [0.25, 0.3) is 5.82 Å². The van der Waals surface area contributed by atoms with Crippen LogP contribution in [0.3, 0.4) is 0 Å². The number of hydrogen-bond donors (Lipinski definition) is 1. The van der Waals surface area contributed by atoms with E-state index in [1.54, 1.807) is 0 Å². The highest BCUT2D eigenvalue weighted by molar-refractivity contribution is 5.43. The summed E-state index contributed by atoms with van der Waals surface area (Å²) in [5.41, 5.74) is 2.54. The van der Waals surface area contributed by atoms with Crippen molar-refractivity contribution in [1.82, 2.24) is 19.5 Å². The third kappa shape index (κ3) is 2.32. The smallest absolute Gasteiger partial charge is 0.143 e. The molecule has 1 N–H and O–H groups in total. The maximum absolute atomic E-state index is 4.54. The average Bonchev–Trinajstić information content (AvgIpc) is 2.82. The Kier molecular flexibility index (Phi) is 3.19. The third-order valence-corrected chi connectivity index (χ3v) is 3.46. The molecule has 0 unspecified atom stereocenters. The summed E-state index contributed by atoms with van der Waals surface area (Å²) in [4.78, 5) is 13.4. The molecule has 0 bridgehead atoms. The number of aromatic nitrogens is 4. The van der Waals surface area contributed by atoms with E-state index < -0.39 is 0 Å². The Morgan fingerprint density at radius 3 is 2.95 bits per heavy atom. The highest BCUT2D eigenvalue weighted by atomic mass is 15.1. The fourth-order valence-corrected chi connectivity index (χ4v) is 2.61. The molecule has 2 heterocycles. The monoisotopic (exact) mass is 257 g/mol. The van der Waals surface area contributed by atoms with Gasteiger partial charge in [-0.1, -0.05) is 0 Å². The minimum atomic E-state index is 0.784. The number of rotatable bonds is 3. The molecule has 2 aromatic rings. The van der Waals surface area contributed by atoms with Crippen molar-refractivity contribution in [3.8, 4) is 5.82 Å². The van der Waals surface area contributed by atoms with Crippen molar-refractivity contribution >= 4 is 5.82 Å². The lowest BCUT2D eigenvalue weighted by Gasteiger charge is -2.14. The molecule has 1 aliphatic carbocycles. The van der Waals surface area contributed by atoms with E-state index in [4.69, 9.17) is 0 Å². The molecule has 0 aliphatic heterocycles. The van der Waals surface area contributed by atoms with Gasteiger partial charge >= 0.3 is 0 Å². The number of hydrogen-bond acceptors (Lipinski definition) is 4. The molecule has 0 saturated carbocycles. The molecule has 2 aromatic heterocycles. The Hall–Kier alpha value is -1.91. The minimum Gasteiger partial charge on any atom is -0.370 e. The number of fused-ring (bicyclic) bond motifs is 1. The van der Waals surface area contributed by atoms with Crippen LogP contribution in [0.5, 0.6) is 0 Å². The molecular weight excluding hydrogens is 238 g/mol. The SMILES string of the molecule is CCNc1cc(-n2cnc3c2CCCC3)nc(C)n1.